The number of rotatable bonds is 7. The zero-order chi connectivity index (χ0) is 12.7. The summed E-state index contributed by atoms with van der Waals surface area (Å²) >= 11 is 0. The molecule has 0 aromatic rings. The third kappa shape index (κ3) is 3.82. The number of ether oxygens (including phenoxy) is 1. The molecule has 1 saturated carbocycles. The van der Waals surface area contributed by atoms with Gasteiger partial charge in [-0.05, 0) is 39.7 Å². The Labute approximate surface area is 107 Å². The zero-order valence-corrected chi connectivity index (χ0v) is 11.8. The molecule has 1 N–H and O–H groups in total. The number of nitrogens with one attached hydrogen (secondary N) is 1. The molecule has 2 nitrogen and oxygen atoms in total. The molecule has 17 heavy (non-hydrogen) atoms. The molecule has 0 aromatic carbocycles. The largest absolute Gasteiger partial charge is 0.373 e. The molecule has 0 amide bonds. The van der Waals surface area contributed by atoms with Gasteiger partial charge in [-0.3, -0.25) is 0 Å². The van der Waals surface area contributed by atoms with Crippen LogP contribution in [0.3, 0.4) is 0 Å². The predicted molar refractivity (Wildman–Crippen MR) is 74.3 cm³/mol. The molecule has 0 aliphatic heterocycles. The molecule has 0 aromatic heterocycles. The molecule has 0 saturated heterocycles. The summed E-state index contributed by atoms with van der Waals surface area (Å²) in [5.41, 5.74) is 1.22. The van der Waals surface area contributed by atoms with E-state index >= 15 is 0 Å². The normalized spacial score (nSPS) is 21.1. The Morgan fingerprint density at radius 3 is 2.41 bits per heavy atom. The van der Waals surface area contributed by atoms with Gasteiger partial charge in [0.2, 0.25) is 0 Å². The topological polar surface area (TPSA) is 21.3 Å². The molecule has 0 radical (unpaired) electrons. The van der Waals surface area contributed by atoms with Crippen LogP contribution in [0, 0.1) is 0 Å². The highest BCUT2D eigenvalue weighted by Gasteiger charge is 2.40. The first-order valence-electron chi connectivity index (χ1n) is 7.19. The lowest BCUT2D eigenvalue weighted by Gasteiger charge is -2.44. The third-order valence-corrected chi connectivity index (χ3v) is 3.75. The van der Waals surface area contributed by atoms with Gasteiger partial charge in [0.05, 0.1) is 11.6 Å². The Hall–Kier alpha value is -0.340. The first-order chi connectivity index (χ1) is 8.16. The average Bonchev–Trinajstić information content (AvgIpc) is 2.30. The van der Waals surface area contributed by atoms with Gasteiger partial charge in [-0.2, -0.15) is 0 Å². The fourth-order valence-corrected chi connectivity index (χ4v) is 3.05. The van der Waals surface area contributed by atoms with Crippen LogP contribution < -0.4 is 5.32 Å². The van der Waals surface area contributed by atoms with Crippen LogP contribution in [-0.4, -0.2) is 24.8 Å². The molecule has 0 spiro atoms. The second-order valence-electron chi connectivity index (χ2n) is 5.29. The lowest BCUT2D eigenvalue weighted by Crippen LogP contribution is -2.54. The van der Waals surface area contributed by atoms with Gasteiger partial charge in [-0.15, -0.1) is 0 Å². The standard InChI is InChI=1S/C15H29NO/c1-5-12-16-14(13(3)4)15(17-6-2)10-8-7-9-11-15/h14,16H,3,5-12H2,1-2,4H3. The minimum atomic E-state index is 0.00794. The van der Waals surface area contributed by atoms with E-state index in [-0.39, 0.29) is 5.60 Å². The van der Waals surface area contributed by atoms with Crippen molar-refractivity contribution >= 4 is 0 Å². The van der Waals surface area contributed by atoms with E-state index in [0.717, 1.165) is 19.6 Å². The van der Waals surface area contributed by atoms with E-state index < -0.39 is 0 Å². The summed E-state index contributed by atoms with van der Waals surface area (Å²) in [6.45, 7) is 12.5. The molecular weight excluding hydrogens is 210 g/mol. The Morgan fingerprint density at radius 2 is 1.94 bits per heavy atom. The van der Waals surface area contributed by atoms with Crippen LogP contribution in [0.15, 0.2) is 12.2 Å². The fourth-order valence-electron chi connectivity index (χ4n) is 3.05. The molecule has 100 valence electrons. The molecule has 1 rings (SSSR count). The van der Waals surface area contributed by atoms with Crippen molar-refractivity contribution in [3.05, 3.63) is 12.2 Å². The summed E-state index contributed by atoms with van der Waals surface area (Å²) in [6, 6.07) is 0.322. The van der Waals surface area contributed by atoms with Crippen molar-refractivity contribution in [1.82, 2.24) is 5.32 Å². The van der Waals surface area contributed by atoms with E-state index in [9.17, 15) is 0 Å². The monoisotopic (exact) mass is 239 g/mol. The minimum absolute atomic E-state index is 0.00794. The van der Waals surface area contributed by atoms with Crippen molar-refractivity contribution in [1.29, 1.82) is 0 Å². The zero-order valence-electron chi connectivity index (χ0n) is 11.8. The van der Waals surface area contributed by atoms with E-state index in [2.05, 4.69) is 32.7 Å². The van der Waals surface area contributed by atoms with Crippen LogP contribution in [-0.2, 0) is 4.74 Å². The van der Waals surface area contributed by atoms with Gasteiger partial charge in [-0.1, -0.05) is 38.3 Å². The van der Waals surface area contributed by atoms with Crippen LogP contribution in [0.25, 0.3) is 0 Å². The van der Waals surface area contributed by atoms with Gasteiger partial charge in [0, 0.05) is 6.61 Å². The fraction of sp³-hybridized carbons (Fsp3) is 0.867. The van der Waals surface area contributed by atoms with Gasteiger partial charge < -0.3 is 10.1 Å². The number of hydrogen-bond acceptors (Lipinski definition) is 2. The van der Waals surface area contributed by atoms with E-state index in [4.69, 9.17) is 4.74 Å². The maximum Gasteiger partial charge on any atom is 0.0872 e. The summed E-state index contributed by atoms with van der Waals surface area (Å²) in [7, 11) is 0. The third-order valence-electron chi connectivity index (χ3n) is 3.75. The SMILES string of the molecule is C=C(C)C(NCCC)C1(OCC)CCCCC1. The lowest BCUT2D eigenvalue weighted by atomic mass is 9.77. The molecule has 0 bridgehead atoms. The summed E-state index contributed by atoms with van der Waals surface area (Å²) in [5.74, 6) is 0. The van der Waals surface area contributed by atoms with E-state index in [0.29, 0.717) is 6.04 Å². The Morgan fingerprint density at radius 1 is 1.29 bits per heavy atom. The second kappa shape index (κ2) is 7.17. The maximum absolute atomic E-state index is 6.17. The first kappa shape index (κ1) is 14.7. The summed E-state index contributed by atoms with van der Waals surface area (Å²) in [5, 5.41) is 3.64. The highest BCUT2D eigenvalue weighted by molar-refractivity contribution is 5.13. The van der Waals surface area contributed by atoms with E-state index in [1.807, 2.05) is 0 Å². The van der Waals surface area contributed by atoms with Crippen molar-refractivity contribution < 1.29 is 4.74 Å². The smallest absolute Gasteiger partial charge is 0.0872 e. The summed E-state index contributed by atoms with van der Waals surface area (Å²) in [6.07, 6.45) is 7.44. The molecule has 0 heterocycles. The number of hydrogen-bond donors (Lipinski definition) is 1. The van der Waals surface area contributed by atoms with Crippen LogP contribution in [0.4, 0.5) is 0 Å². The Balaban J connectivity index is 2.78. The predicted octanol–water partition coefficient (Wildman–Crippen LogP) is 3.67. The van der Waals surface area contributed by atoms with Crippen molar-refractivity contribution in [3.63, 3.8) is 0 Å². The van der Waals surface area contributed by atoms with Crippen molar-refractivity contribution in [3.8, 4) is 0 Å². The summed E-state index contributed by atoms with van der Waals surface area (Å²) in [4.78, 5) is 0. The van der Waals surface area contributed by atoms with Gasteiger partial charge in [0.15, 0.2) is 0 Å². The first-order valence-corrected chi connectivity index (χ1v) is 7.19. The molecule has 1 fully saturated rings. The molecular formula is C15H29NO. The van der Waals surface area contributed by atoms with Crippen molar-refractivity contribution in [2.75, 3.05) is 13.2 Å². The molecule has 1 aliphatic rings. The Kier molecular flexibility index (Phi) is 6.21. The van der Waals surface area contributed by atoms with Crippen LogP contribution >= 0.6 is 0 Å². The Bertz CT molecular complexity index is 226. The van der Waals surface area contributed by atoms with Gasteiger partial charge in [0.1, 0.15) is 0 Å². The highest BCUT2D eigenvalue weighted by Crippen LogP contribution is 2.36. The van der Waals surface area contributed by atoms with Gasteiger partial charge >= 0.3 is 0 Å². The van der Waals surface area contributed by atoms with Crippen LogP contribution in [0.5, 0.6) is 0 Å². The van der Waals surface area contributed by atoms with Gasteiger partial charge in [0.25, 0.3) is 0 Å². The second-order valence-corrected chi connectivity index (χ2v) is 5.29. The van der Waals surface area contributed by atoms with E-state index in [1.54, 1.807) is 0 Å². The van der Waals surface area contributed by atoms with E-state index in [1.165, 1.54) is 37.7 Å². The summed E-state index contributed by atoms with van der Waals surface area (Å²) < 4.78 is 6.17. The molecule has 1 aliphatic carbocycles. The minimum Gasteiger partial charge on any atom is -0.373 e. The average molecular weight is 239 g/mol. The quantitative estimate of drug-likeness (QED) is 0.684. The molecule has 1 atom stereocenters. The van der Waals surface area contributed by atoms with Crippen LogP contribution in [0.1, 0.15) is 59.3 Å². The van der Waals surface area contributed by atoms with Crippen molar-refractivity contribution in [2.45, 2.75) is 70.9 Å². The van der Waals surface area contributed by atoms with Crippen molar-refractivity contribution in [2.24, 2.45) is 0 Å². The lowest BCUT2D eigenvalue weighted by molar-refractivity contribution is -0.0817. The molecule has 2 heteroatoms. The molecule has 1 unspecified atom stereocenters. The maximum atomic E-state index is 6.17. The van der Waals surface area contributed by atoms with Crippen LogP contribution in [0.2, 0.25) is 0 Å². The van der Waals surface area contributed by atoms with Gasteiger partial charge in [-0.25, -0.2) is 0 Å². The highest BCUT2D eigenvalue weighted by atomic mass is 16.5.